The van der Waals surface area contributed by atoms with E-state index in [9.17, 15) is 8.42 Å². The van der Waals surface area contributed by atoms with Crippen LogP contribution >= 0.6 is 28.3 Å². The van der Waals surface area contributed by atoms with Crippen LogP contribution < -0.4 is 19.5 Å². The molecule has 0 aromatic heterocycles. The second-order valence-electron chi connectivity index (χ2n) is 3.99. The maximum atomic E-state index is 12.3. The van der Waals surface area contributed by atoms with E-state index in [-0.39, 0.29) is 23.1 Å². The summed E-state index contributed by atoms with van der Waals surface area (Å²) in [6, 6.07) is 3.00. The molecule has 0 aliphatic heterocycles. The van der Waals surface area contributed by atoms with Gasteiger partial charge in [0.1, 0.15) is 16.4 Å². The van der Waals surface area contributed by atoms with Crippen LogP contribution in [0.2, 0.25) is 0 Å². The summed E-state index contributed by atoms with van der Waals surface area (Å²) < 4.78 is 38.0. The van der Waals surface area contributed by atoms with Gasteiger partial charge in [0.2, 0.25) is 10.0 Å². The molecule has 1 rings (SSSR count). The number of halogens is 2. The average molecular weight is 404 g/mol. The van der Waals surface area contributed by atoms with Gasteiger partial charge in [-0.05, 0) is 42.0 Å². The molecule has 0 saturated heterocycles. The molecule has 6 nitrogen and oxygen atoms in total. The summed E-state index contributed by atoms with van der Waals surface area (Å²) in [5, 5.41) is 2.96. The Bertz CT molecular complexity index is 554. The summed E-state index contributed by atoms with van der Waals surface area (Å²) in [5.41, 5.74) is 0. The van der Waals surface area contributed by atoms with Crippen LogP contribution in [0.25, 0.3) is 0 Å². The van der Waals surface area contributed by atoms with Crippen molar-refractivity contribution in [1.29, 1.82) is 0 Å². The Kier molecular flexibility index (Phi) is 9.23. The molecule has 0 unspecified atom stereocenters. The molecule has 0 bridgehead atoms. The van der Waals surface area contributed by atoms with Gasteiger partial charge in [-0.2, -0.15) is 0 Å². The van der Waals surface area contributed by atoms with Gasteiger partial charge in [-0.1, -0.05) is 0 Å². The van der Waals surface area contributed by atoms with Crippen LogP contribution in [0.4, 0.5) is 0 Å². The Labute approximate surface area is 140 Å². The predicted octanol–water partition coefficient (Wildman–Crippen LogP) is 1.78. The van der Waals surface area contributed by atoms with Crippen LogP contribution in [0, 0.1) is 0 Å². The predicted molar refractivity (Wildman–Crippen MR) is 88.2 cm³/mol. The van der Waals surface area contributed by atoms with Gasteiger partial charge in [0.15, 0.2) is 0 Å². The number of ether oxygens (including phenoxy) is 2. The summed E-state index contributed by atoms with van der Waals surface area (Å²) in [6.07, 6.45) is 0.700. The number of sulfonamides is 1. The van der Waals surface area contributed by atoms with E-state index in [1.165, 1.54) is 20.3 Å². The average Bonchev–Trinajstić information content (AvgIpc) is 2.43. The molecule has 0 fully saturated rings. The summed E-state index contributed by atoms with van der Waals surface area (Å²) in [7, 11) is 1.08. The molecule has 0 heterocycles. The second-order valence-corrected chi connectivity index (χ2v) is 6.58. The van der Waals surface area contributed by atoms with E-state index in [2.05, 4.69) is 26.0 Å². The van der Waals surface area contributed by atoms with Crippen LogP contribution in [-0.2, 0) is 10.0 Å². The first-order valence-corrected chi connectivity index (χ1v) is 8.29. The first-order chi connectivity index (χ1) is 9.46. The van der Waals surface area contributed by atoms with E-state index in [0.717, 1.165) is 6.54 Å². The van der Waals surface area contributed by atoms with Crippen LogP contribution in [0.5, 0.6) is 11.5 Å². The van der Waals surface area contributed by atoms with Gasteiger partial charge in [0.25, 0.3) is 0 Å². The van der Waals surface area contributed by atoms with E-state index >= 15 is 0 Å². The van der Waals surface area contributed by atoms with Crippen molar-refractivity contribution in [2.45, 2.75) is 11.3 Å². The highest BCUT2D eigenvalue weighted by Gasteiger charge is 2.21. The molecule has 0 spiro atoms. The van der Waals surface area contributed by atoms with E-state index in [1.807, 2.05) is 7.05 Å². The van der Waals surface area contributed by atoms with Crippen LogP contribution in [0.3, 0.4) is 0 Å². The minimum atomic E-state index is -3.64. The lowest BCUT2D eigenvalue weighted by Gasteiger charge is -2.13. The Morgan fingerprint density at radius 2 is 1.76 bits per heavy atom. The third-order valence-electron chi connectivity index (χ3n) is 2.62. The fraction of sp³-hybridized carbons (Fsp3) is 0.500. The number of benzene rings is 1. The molecule has 0 saturated carbocycles. The second kappa shape index (κ2) is 9.47. The van der Waals surface area contributed by atoms with Gasteiger partial charge in [-0.3, -0.25) is 0 Å². The highest BCUT2D eigenvalue weighted by atomic mass is 79.9. The van der Waals surface area contributed by atoms with Gasteiger partial charge in [0.05, 0.1) is 18.7 Å². The number of methoxy groups -OCH3 is 2. The Balaban J connectivity index is 0.00000400. The van der Waals surface area contributed by atoms with Gasteiger partial charge < -0.3 is 14.8 Å². The topological polar surface area (TPSA) is 76.7 Å². The summed E-state index contributed by atoms with van der Waals surface area (Å²) >= 11 is 3.29. The molecular formula is C12H20BrClN2O4S. The zero-order valence-corrected chi connectivity index (χ0v) is 15.3. The monoisotopic (exact) mass is 402 g/mol. The fourth-order valence-corrected chi connectivity index (χ4v) is 3.31. The Morgan fingerprint density at radius 3 is 2.29 bits per heavy atom. The molecule has 21 heavy (non-hydrogen) atoms. The summed E-state index contributed by atoms with van der Waals surface area (Å²) in [4.78, 5) is 0.0597. The lowest BCUT2D eigenvalue weighted by molar-refractivity contribution is 0.390. The van der Waals surface area contributed by atoms with Crippen molar-refractivity contribution in [3.63, 3.8) is 0 Å². The van der Waals surface area contributed by atoms with Crippen molar-refractivity contribution in [2.24, 2.45) is 0 Å². The van der Waals surface area contributed by atoms with Crippen molar-refractivity contribution in [2.75, 3.05) is 34.4 Å². The number of hydrogen-bond acceptors (Lipinski definition) is 5. The third kappa shape index (κ3) is 5.63. The number of rotatable bonds is 8. The SMILES string of the molecule is CNCCCNS(=O)(=O)c1cc(OC)c(Br)cc1OC.Cl. The number of hydrogen-bond donors (Lipinski definition) is 2. The molecule has 1 aromatic carbocycles. The fourth-order valence-electron chi connectivity index (χ4n) is 1.59. The molecule has 0 aliphatic carbocycles. The molecule has 0 radical (unpaired) electrons. The van der Waals surface area contributed by atoms with E-state index in [0.29, 0.717) is 23.2 Å². The van der Waals surface area contributed by atoms with Gasteiger partial charge in [-0.25, -0.2) is 13.1 Å². The Hall–Kier alpha value is -0.540. The Morgan fingerprint density at radius 1 is 1.14 bits per heavy atom. The molecule has 0 atom stereocenters. The highest BCUT2D eigenvalue weighted by molar-refractivity contribution is 9.10. The standard InChI is InChI=1S/C12H19BrN2O4S.ClH/c1-14-5-4-6-15-20(16,17)12-8-10(18-2)9(13)7-11(12)19-3;/h7-8,14-15H,4-6H2,1-3H3;1H. The molecule has 1 aromatic rings. The largest absolute Gasteiger partial charge is 0.496 e. The quantitative estimate of drug-likeness (QED) is 0.647. The highest BCUT2D eigenvalue weighted by Crippen LogP contribution is 2.35. The van der Waals surface area contributed by atoms with Gasteiger partial charge >= 0.3 is 0 Å². The lowest BCUT2D eigenvalue weighted by Crippen LogP contribution is -2.27. The minimum absolute atomic E-state index is 0. The van der Waals surface area contributed by atoms with Crippen molar-refractivity contribution in [1.82, 2.24) is 10.0 Å². The van der Waals surface area contributed by atoms with Gasteiger partial charge in [0, 0.05) is 12.6 Å². The number of nitrogens with one attached hydrogen (secondary N) is 2. The van der Waals surface area contributed by atoms with Crippen molar-refractivity contribution < 1.29 is 17.9 Å². The molecule has 2 N–H and O–H groups in total. The summed E-state index contributed by atoms with van der Waals surface area (Å²) in [6.45, 7) is 1.09. The first-order valence-electron chi connectivity index (χ1n) is 6.02. The molecule has 0 aliphatic rings. The van der Waals surface area contributed by atoms with E-state index < -0.39 is 10.0 Å². The maximum absolute atomic E-state index is 12.3. The normalized spacial score (nSPS) is 10.9. The van der Waals surface area contributed by atoms with Gasteiger partial charge in [-0.15, -0.1) is 12.4 Å². The molecule has 0 amide bonds. The maximum Gasteiger partial charge on any atom is 0.244 e. The summed E-state index contributed by atoms with van der Waals surface area (Å²) in [5.74, 6) is 0.695. The van der Waals surface area contributed by atoms with Crippen molar-refractivity contribution in [3.05, 3.63) is 16.6 Å². The first kappa shape index (κ1) is 20.5. The lowest BCUT2D eigenvalue weighted by atomic mass is 10.3. The van der Waals surface area contributed by atoms with Crippen molar-refractivity contribution in [3.8, 4) is 11.5 Å². The zero-order chi connectivity index (χ0) is 15.2. The van der Waals surface area contributed by atoms with Crippen LogP contribution in [0.1, 0.15) is 6.42 Å². The molecule has 122 valence electrons. The van der Waals surface area contributed by atoms with Crippen LogP contribution in [0.15, 0.2) is 21.5 Å². The molecule has 9 heteroatoms. The van der Waals surface area contributed by atoms with Crippen molar-refractivity contribution >= 4 is 38.4 Å². The minimum Gasteiger partial charge on any atom is -0.496 e. The zero-order valence-electron chi connectivity index (χ0n) is 12.1. The smallest absolute Gasteiger partial charge is 0.244 e. The van der Waals surface area contributed by atoms with E-state index in [1.54, 1.807) is 6.07 Å². The van der Waals surface area contributed by atoms with Crippen LogP contribution in [-0.4, -0.2) is 42.8 Å². The third-order valence-corrected chi connectivity index (χ3v) is 4.73. The van der Waals surface area contributed by atoms with E-state index in [4.69, 9.17) is 9.47 Å². The molecular weight excluding hydrogens is 384 g/mol.